The SMILES string of the molecule is COc1ccc(-c2cnc3ccccc3n2)cc1NC(=O)c1ccco1. The molecule has 0 aliphatic heterocycles. The fraction of sp³-hybridized carbons (Fsp3) is 0.0500. The summed E-state index contributed by atoms with van der Waals surface area (Å²) < 4.78 is 10.5. The molecular weight excluding hydrogens is 330 g/mol. The Balaban J connectivity index is 1.71. The Morgan fingerprint density at radius 1 is 1.08 bits per heavy atom. The number of benzene rings is 2. The lowest BCUT2D eigenvalue weighted by atomic mass is 10.1. The number of fused-ring (bicyclic) bond motifs is 1. The average molecular weight is 345 g/mol. The maximum atomic E-state index is 12.3. The van der Waals surface area contributed by atoms with Crippen molar-refractivity contribution in [3.8, 4) is 17.0 Å². The van der Waals surface area contributed by atoms with E-state index in [1.807, 2.05) is 30.3 Å². The lowest BCUT2D eigenvalue weighted by Crippen LogP contribution is -2.11. The number of hydrogen-bond acceptors (Lipinski definition) is 5. The zero-order valence-corrected chi connectivity index (χ0v) is 14.0. The van der Waals surface area contributed by atoms with Crippen molar-refractivity contribution in [1.29, 1.82) is 0 Å². The minimum Gasteiger partial charge on any atom is -0.495 e. The molecule has 4 rings (SSSR count). The van der Waals surface area contributed by atoms with Crippen LogP contribution in [0.3, 0.4) is 0 Å². The standard InChI is InChI=1S/C20H15N3O3/c1-25-18-9-8-13(11-16(18)23-20(24)19-7-4-10-26-19)17-12-21-14-5-2-3-6-15(14)22-17/h2-12H,1H3,(H,23,24). The molecule has 0 radical (unpaired) electrons. The van der Waals surface area contributed by atoms with Gasteiger partial charge in [-0.05, 0) is 42.5 Å². The first-order valence-electron chi connectivity index (χ1n) is 7.99. The molecule has 26 heavy (non-hydrogen) atoms. The molecule has 1 N–H and O–H groups in total. The number of carbonyl (C=O) groups excluding carboxylic acids is 1. The van der Waals surface area contributed by atoms with Crippen molar-refractivity contribution in [1.82, 2.24) is 9.97 Å². The van der Waals surface area contributed by atoms with Crippen LogP contribution in [0.4, 0.5) is 5.69 Å². The van der Waals surface area contributed by atoms with E-state index in [1.165, 1.54) is 6.26 Å². The number of carbonyl (C=O) groups is 1. The highest BCUT2D eigenvalue weighted by molar-refractivity contribution is 6.03. The van der Waals surface area contributed by atoms with Crippen LogP contribution in [0.5, 0.6) is 5.75 Å². The van der Waals surface area contributed by atoms with Crippen LogP contribution in [0.2, 0.25) is 0 Å². The first kappa shape index (κ1) is 15.8. The van der Waals surface area contributed by atoms with Crippen LogP contribution in [0.15, 0.2) is 71.5 Å². The maximum absolute atomic E-state index is 12.3. The van der Waals surface area contributed by atoms with Crippen LogP contribution in [-0.4, -0.2) is 23.0 Å². The Bertz CT molecular complexity index is 1070. The van der Waals surface area contributed by atoms with Gasteiger partial charge in [-0.3, -0.25) is 9.78 Å². The fourth-order valence-corrected chi connectivity index (χ4v) is 2.65. The van der Waals surface area contributed by atoms with Crippen molar-refractivity contribution in [3.63, 3.8) is 0 Å². The van der Waals surface area contributed by atoms with Crippen LogP contribution in [0.25, 0.3) is 22.3 Å². The van der Waals surface area contributed by atoms with Gasteiger partial charge in [0.2, 0.25) is 0 Å². The molecule has 0 atom stereocenters. The number of furan rings is 1. The molecule has 4 aromatic rings. The number of ether oxygens (including phenoxy) is 1. The molecule has 0 spiro atoms. The summed E-state index contributed by atoms with van der Waals surface area (Å²) in [5.41, 5.74) is 3.69. The fourth-order valence-electron chi connectivity index (χ4n) is 2.65. The van der Waals surface area contributed by atoms with Gasteiger partial charge in [-0.2, -0.15) is 0 Å². The van der Waals surface area contributed by atoms with Gasteiger partial charge in [0.25, 0.3) is 5.91 Å². The number of methoxy groups -OCH3 is 1. The van der Waals surface area contributed by atoms with Gasteiger partial charge >= 0.3 is 0 Å². The molecule has 0 saturated carbocycles. The van der Waals surface area contributed by atoms with Crippen LogP contribution >= 0.6 is 0 Å². The van der Waals surface area contributed by atoms with E-state index < -0.39 is 0 Å². The Kier molecular flexibility index (Phi) is 4.07. The summed E-state index contributed by atoms with van der Waals surface area (Å²) in [6, 6.07) is 16.4. The second kappa shape index (κ2) is 6.68. The van der Waals surface area contributed by atoms with E-state index in [2.05, 4.69) is 15.3 Å². The molecule has 2 heterocycles. The Morgan fingerprint density at radius 2 is 1.92 bits per heavy atom. The Morgan fingerprint density at radius 3 is 2.69 bits per heavy atom. The van der Waals surface area contributed by atoms with Gasteiger partial charge in [0, 0.05) is 5.56 Å². The predicted molar refractivity (Wildman–Crippen MR) is 98.2 cm³/mol. The number of amides is 1. The van der Waals surface area contributed by atoms with Gasteiger partial charge < -0.3 is 14.5 Å². The van der Waals surface area contributed by atoms with Crippen molar-refractivity contribution in [2.45, 2.75) is 0 Å². The summed E-state index contributed by atoms with van der Waals surface area (Å²) in [5, 5.41) is 2.81. The van der Waals surface area contributed by atoms with Gasteiger partial charge in [0.1, 0.15) is 5.75 Å². The largest absolute Gasteiger partial charge is 0.495 e. The van der Waals surface area contributed by atoms with Gasteiger partial charge in [-0.25, -0.2) is 4.98 Å². The molecule has 0 bridgehead atoms. The molecule has 2 aromatic heterocycles. The summed E-state index contributed by atoms with van der Waals surface area (Å²) in [7, 11) is 1.55. The second-order valence-corrected chi connectivity index (χ2v) is 5.59. The van der Waals surface area contributed by atoms with Crippen molar-refractivity contribution < 1.29 is 13.9 Å². The monoisotopic (exact) mass is 345 g/mol. The molecule has 0 fully saturated rings. The quantitative estimate of drug-likeness (QED) is 0.601. The maximum Gasteiger partial charge on any atom is 0.291 e. The normalized spacial score (nSPS) is 10.7. The predicted octanol–water partition coefficient (Wildman–Crippen LogP) is 4.15. The van der Waals surface area contributed by atoms with Gasteiger partial charge in [0.05, 0.1) is 42.0 Å². The molecule has 0 aliphatic rings. The van der Waals surface area contributed by atoms with Crippen molar-refractivity contribution >= 4 is 22.6 Å². The second-order valence-electron chi connectivity index (χ2n) is 5.59. The van der Waals surface area contributed by atoms with Gasteiger partial charge in [0.15, 0.2) is 5.76 Å². The van der Waals surface area contributed by atoms with E-state index in [4.69, 9.17) is 9.15 Å². The zero-order valence-electron chi connectivity index (χ0n) is 14.0. The van der Waals surface area contributed by atoms with E-state index in [9.17, 15) is 4.79 Å². The third-order valence-electron chi connectivity index (χ3n) is 3.94. The highest BCUT2D eigenvalue weighted by Crippen LogP contribution is 2.30. The summed E-state index contributed by atoms with van der Waals surface area (Å²) in [4.78, 5) is 21.3. The molecule has 128 valence electrons. The average Bonchev–Trinajstić information content (AvgIpc) is 3.22. The Hall–Kier alpha value is -3.67. The van der Waals surface area contributed by atoms with E-state index in [0.29, 0.717) is 17.1 Å². The van der Waals surface area contributed by atoms with E-state index in [1.54, 1.807) is 37.6 Å². The third-order valence-corrected chi connectivity index (χ3v) is 3.94. The lowest BCUT2D eigenvalue weighted by Gasteiger charge is -2.11. The third kappa shape index (κ3) is 3.00. The number of nitrogens with zero attached hydrogens (tertiary/aromatic N) is 2. The van der Waals surface area contributed by atoms with Crippen LogP contribution in [-0.2, 0) is 0 Å². The summed E-state index contributed by atoms with van der Waals surface area (Å²) >= 11 is 0. The molecule has 0 aliphatic carbocycles. The zero-order chi connectivity index (χ0) is 17.9. The summed E-state index contributed by atoms with van der Waals surface area (Å²) in [6.45, 7) is 0. The topological polar surface area (TPSA) is 77.3 Å². The highest BCUT2D eigenvalue weighted by atomic mass is 16.5. The molecule has 6 heteroatoms. The number of hydrogen-bond donors (Lipinski definition) is 1. The van der Waals surface area contributed by atoms with Crippen LogP contribution in [0, 0.1) is 0 Å². The molecule has 1 amide bonds. The Labute approximate surface area is 149 Å². The van der Waals surface area contributed by atoms with E-state index in [0.717, 1.165) is 16.6 Å². The van der Waals surface area contributed by atoms with Gasteiger partial charge in [-0.1, -0.05) is 12.1 Å². The number of anilines is 1. The summed E-state index contributed by atoms with van der Waals surface area (Å²) in [6.07, 6.45) is 3.16. The number of rotatable bonds is 4. The molecular formula is C20H15N3O3. The first-order valence-corrected chi connectivity index (χ1v) is 7.99. The van der Waals surface area contributed by atoms with Crippen molar-refractivity contribution in [3.05, 3.63) is 72.8 Å². The number of nitrogens with one attached hydrogen (secondary N) is 1. The first-order chi connectivity index (χ1) is 12.7. The minimum atomic E-state index is -0.352. The summed E-state index contributed by atoms with van der Waals surface area (Å²) in [5.74, 6) is 0.417. The lowest BCUT2D eigenvalue weighted by molar-refractivity contribution is 0.0996. The van der Waals surface area contributed by atoms with Crippen molar-refractivity contribution in [2.24, 2.45) is 0 Å². The smallest absolute Gasteiger partial charge is 0.291 e. The minimum absolute atomic E-state index is 0.225. The van der Waals surface area contributed by atoms with E-state index in [-0.39, 0.29) is 11.7 Å². The number of para-hydroxylation sites is 2. The number of aromatic nitrogens is 2. The molecule has 2 aromatic carbocycles. The van der Waals surface area contributed by atoms with Crippen LogP contribution < -0.4 is 10.1 Å². The molecule has 6 nitrogen and oxygen atoms in total. The van der Waals surface area contributed by atoms with Crippen LogP contribution in [0.1, 0.15) is 10.6 Å². The molecule has 0 unspecified atom stereocenters. The highest BCUT2D eigenvalue weighted by Gasteiger charge is 2.14. The molecule has 0 saturated heterocycles. The van der Waals surface area contributed by atoms with Crippen molar-refractivity contribution in [2.75, 3.05) is 12.4 Å². The van der Waals surface area contributed by atoms with Gasteiger partial charge in [-0.15, -0.1) is 0 Å². The van der Waals surface area contributed by atoms with E-state index >= 15 is 0 Å².